The predicted molar refractivity (Wildman–Crippen MR) is 103 cm³/mol. The largest absolute Gasteiger partial charge is 0.433 e. The van der Waals surface area contributed by atoms with Crippen LogP contribution in [-0.4, -0.2) is 16.9 Å². The van der Waals surface area contributed by atoms with Crippen molar-refractivity contribution in [1.29, 1.82) is 0 Å². The maximum atomic E-state index is 4.56. The van der Waals surface area contributed by atoms with Gasteiger partial charge in [-0.25, -0.2) is 0 Å². The van der Waals surface area contributed by atoms with Crippen molar-refractivity contribution in [3.8, 4) is 0 Å². The Hall–Kier alpha value is -0.148. The summed E-state index contributed by atoms with van der Waals surface area (Å²) in [6.07, 6.45) is 8.86. The molecular weight excluding hydrogens is 560 g/mol. The van der Waals surface area contributed by atoms with Gasteiger partial charge >= 0.3 is 0 Å². The molecule has 24 heavy (non-hydrogen) atoms. The quantitative estimate of drug-likeness (QED) is 0.480. The zero-order valence-electron chi connectivity index (χ0n) is 14.5. The number of rotatable bonds is 5. The number of thiophene rings is 1. The molecule has 1 aliphatic carbocycles. The van der Waals surface area contributed by atoms with Gasteiger partial charge in [-0.15, -0.1) is 17.8 Å². The fourth-order valence-corrected chi connectivity index (χ4v) is 4.76. The smallest absolute Gasteiger partial charge is 0.0923 e. The molecule has 1 atom stereocenters. The first-order valence-corrected chi connectivity index (χ1v) is 10.3. The fraction of sp³-hybridized carbons (Fsp3) is 0.500. The van der Waals surface area contributed by atoms with E-state index in [0.717, 1.165) is 18.9 Å². The molecule has 1 fully saturated rings. The van der Waals surface area contributed by atoms with E-state index in [4.69, 9.17) is 0 Å². The number of hydrogen-bond acceptors (Lipinski definition) is 5. The minimum absolute atomic E-state index is 0. The summed E-state index contributed by atoms with van der Waals surface area (Å²) in [7, 11) is 0. The summed E-state index contributed by atoms with van der Waals surface area (Å²) in [6, 6.07) is 1.99. The fourth-order valence-electron chi connectivity index (χ4n) is 2.82. The van der Waals surface area contributed by atoms with E-state index in [0.29, 0.717) is 5.37 Å². The van der Waals surface area contributed by atoms with Crippen LogP contribution in [-0.2, 0) is 6.42 Å². The van der Waals surface area contributed by atoms with Crippen LogP contribution in [0, 0.1) is 37.3 Å². The average molecular weight is 585 g/mol. The number of nitrogens with one attached hydrogen (secondary N) is 2. The number of thioether (sulfide) groups is 1. The third-order valence-electron chi connectivity index (χ3n) is 4.00. The van der Waals surface area contributed by atoms with Crippen LogP contribution in [0.2, 0.25) is 0 Å². The van der Waals surface area contributed by atoms with Crippen molar-refractivity contribution in [3.63, 3.8) is 0 Å². The van der Waals surface area contributed by atoms with Crippen LogP contribution < -0.4 is 10.6 Å². The third-order valence-corrected chi connectivity index (χ3v) is 6.30. The Morgan fingerprint density at radius 1 is 1.38 bits per heavy atom. The number of aryl methyl sites for hydroxylation is 1. The first-order valence-electron chi connectivity index (χ1n) is 8.49. The summed E-state index contributed by atoms with van der Waals surface area (Å²) in [4.78, 5) is 6.08. The average Bonchev–Trinajstić information content (AvgIpc) is 3.15. The number of anilines is 1. The summed E-state index contributed by atoms with van der Waals surface area (Å²) < 4.78 is 1.31. The van der Waals surface area contributed by atoms with Crippen LogP contribution in [0.1, 0.15) is 50.0 Å². The maximum absolute atomic E-state index is 4.56. The molecule has 3 heterocycles. The summed E-state index contributed by atoms with van der Waals surface area (Å²) in [6.45, 7) is 7.15. The van der Waals surface area contributed by atoms with Gasteiger partial charge in [0.15, 0.2) is 0 Å². The van der Waals surface area contributed by atoms with E-state index in [1.807, 2.05) is 49.2 Å². The molecule has 2 aromatic heterocycles. The number of aromatic nitrogens is 1. The molecule has 0 spiro atoms. The van der Waals surface area contributed by atoms with Crippen molar-refractivity contribution < 1.29 is 31.1 Å². The first-order chi connectivity index (χ1) is 11.4. The number of pyridine rings is 1. The molecule has 2 N–H and O–H groups in total. The molecule has 0 amide bonds. The number of nitrogens with zero attached hydrogens (tertiary/aromatic N) is 1. The molecule has 4 rings (SSSR count). The van der Waals surface area contributed by atoms with Gasteiger partial charge in [0.2, 0.25) is 0 Å². The SMILES string of the molecule is CC.CCc1sc2c(NCC3NC=CS3)c[c-]nc2c1C1CC1.[U]. The molecule has 1 saturated carbocycles. The minimum atomic E-state index is 0. The second kappa shape index (κ2) is 9.52. The second-order valence-corrected chi connectivity index (χ2v) is 7.74. The van der Waals surface area contributed by atoms with Crippen LogP contribution in [0.25, 0.3) is 10.2 Å². The number of fused-ring (bicyclic) bond motifs is 1. The van der Waals surface area contributed by atoms with E-state index in [1.54, 1.807) is 0 Å². The molecule has 0 bridgehead atoms. The van der Waals surface area contributed by atoms with Gasteiger partial charge in [0.1, 0.15) is 0 Å². The van der Waals surface area contributed by atoms with Crippen LogP contribution in [0.4, 0.5) is 5.69 Å². The van der Waals surface area contributed by atoms with E-state index in [2.05, 4.69) is 34.1 Å². The van der Waals surface area contributed by atoms with E-state index in [9.17, 15) is 0 Å². The first kappa shape index (κ1) is 20.2. The van der Waals surface area contributed by atoms with E-state index < -0.39 is 0 Å². The van der Waals surface area contributed by atoms with Gasteiger partial charge in [0.25, 0.3) is 0 Å². The van der Waals surface area contributed by atoms with E-state index in [1.165, 1.54) is 39.2 Å². The molecular formula is C18H24N3S2U-. The summed E-state index contributed by atoms with van der Waals surface area (Å²) in [5.74, 6) is 0.751. The van der Waals surface area contributed by atoms with Gasteiger partial charge in [-0.2, -0.15) is 11.3 Å². The topological polar surface area (TPSA) is 37.0 Å². The zero-order chi connectivity index (χ0) is 16.2. The van der Waals surface area contributed by atoms with E-state index >= 15 is 0 Å². The van der Waals surface area contributed by atoms with Crippen LogP contribution in [0.15, 0.2) is 17.7 Å². The van der Waals surface area contributed by atoms with Gasteiger partial charge in [-0.05, 0) is 45.7 Å². The van der Waals surface area contributed by atoms with Gasteiger partial charge in [-0.1, -0.05) is 38.2 Å². The van der Waals surface area contributed by atoms with E-state index in [-0.39, 0.29) is 31.1 Å². The molecule has 2 aliphatic rings. The van der Waals surface area contributed by atoms with Crippen LogP contribution in [0.3, 0.4) is 0 Å². The normalized spacial score (nSPS) is 18.5. The van der Waals surface area contributed by atoms with Gasteiger partial charge in [-0.3, -0.25) is 0 Å². The van der Waals surface area contributed by atoms with Crippen molar-refractivity contribution in [1.82, 2.24) is 10.3 Å². The van der Waals surface area contributed by atoms with Crippen LogP contribution in [0.5, 0.6) is 0 Å². The van der Waals surface area contributed by atoms with Crippen LogP contribution >= 0.6 is 23.1 Å². The predicted octanol–water partition coefficient (Wildman–Crippen LogP) is 5.11. The molecule has 0 aromatic carbocycles. The Balaban J connectivity index is 0.000000670. The molecule has 0 radical (unpaired) electrons. The van der Waals surface area contributed by atoms with Gasteiger partial charge in [0, 0.05) is 43.9 Å². The van der Waals surface area contributed by atoms with Crippen molar-refractivity contribution in [3.05, 3.63) is 34.3 Å². The summed E-state index contributed by atoms with van der Waals surface area (Å²) in [5.41, 5.74) is 3.88. The Kier molecular flexibility index (Phi) is 8.00. The van der Waals surface area contributed by atoms with Crippen molar-refractivity contribution in [2.75, 3.05) is 11.9 Å². The summed E-state index contributed by atoms with van der Waals surface area (Å²) in [5, 5.41) is 9.42. The zero-order valence-corrected chi connectivity index (χ0v) is 20.3. The third kappa shape index (κ3) is 4.33. The number of hydrogen-bond donors (Lipinski definition) is 2. The van der Waals surface area contributed by atoms with Crippen molar-refractivity contribution in [2.24, 2.45) is 0 Å². The Bertz CT molecular complexity index is 687. The summed E-state index contributed by atoms with van der Waals surface area (Å²) >= 11 is 3.73. The van der Waals surface area contributed by atoms with Crippen molar-refractivity contribution in [2.45, 2.75) is 51.3 Å². The molecule has 6 heteroatoms. The monoisotopic (exact) mass is 584 g/mol. The van der Waals surface area contributed by atoms with Gasteiger partial charge < -0.3 is 15.6 Å². The Labute approximate surface area is 176 Å². The molecule has 128 valence electrons. The molecule has 1 aliphatic heterocycles. The minimum Gasteiger partial charge on any atom is -0.433 e. The second-order valence-electron chi connectivity index (χ2n) is 5.52. The van der Waals surface area contributed by atoms with Crippen molar-refractivity contribution >= 4 is 39.0 Å². The molecule has 2 aromatic rings. The molecule has 1 unspecified atom stereocenters. The Morgan fingerprint density at radius 2 is 2.17 bits per heavy atom. The molecule has 0 saturated heterocycles. The molecule has 3 nitrogen and oxygen atoms in total. The standard InChI is InChI=1S/C16H18N3S2.C2H6.U/c1-2-12-14(10-3-4-10)15-16(21-12)11(5-6-18-15)19-9-13-17-7-8-20-13;1-2;/h5,7-8,10,13,17H,2-4,9H2,1H3,(H,18,19);1-2H3;/q-1;;. The van der Waals surface area contributed by atoms with Gasteiger partial charge in [0.05, 0.1) is 5.37 Å². The Morgan fingerprint density at radius 3 is 2.79 bits per heavy atom. The maximum Gasteiger partial charge on any atom is 0.0923 e.